The number of ether oxygens (including phenoxy) is 1. The van der Waals surface area contributed by atoms with Crippen LogP contribution in [0.15, 0.2) is 30.5 Å². The van der Waals surface area contributed by atoms with Gasteiger partial charge in [-0.15, -0.1) is 0 Å². The van der Waals surface area contributed by atoms with Crippen molar-refractivity contribution in [3.8, 4) is 12.1 Å². The van der Waals surface area contributed by atoms with Crippen molar-refractivity contribution in [2.24, 2.45) is 0 Å². The number of aryl methyl sites for hydroxylation is 1. The Morgan fingerprint density at radius 3 is 3.06 bits per heavy atom. The van der Waals surface area contributed by atoms with Gasteiger partial charge < -0.3 is 4.74 Å². The van der Waals surface area contributed by atoms with Crippen molar-refractivity contribution in [2.45, 2.75) is 13.5 Å². The van der Waals surface area contributed by atoms with Crippen molar-refractivity contribution in [3.05, 3.63) is 47.3 Å². The molecule has 0 unspecified atom stereocenters. The topological polar surface area (TPSA) is 71.7 Å². The molecule has 0 spiro atoms. The van der Waals surface area contributed by atoms with E-state index >= 15 is 0 Å². The molecule has 2 aromatic rings. The summed E-state index contributed by atoms with van der Waals surface area (Å²) in [4.78, 5) is 4.07. The minimum Gasteiger partial charge on any atom is -0.458 e. The summed E-state index contributed by atoms with van der Waals surface area (Å²) in [5.74, 6) is 0. The molecular weight excluding hydrogens is 216 g/mol. The molecule has 17 heavy (non-hydrogen) atoms. The van der Waals surface area contributed by atoms with E-state index in [1.165, 1.54) is 0 Å². The van der Waals surface area contributed by atoms with Gasteiger partial charge in [-0.1, -0.05) is 17.2 Å². The third-order valence-corrected chi connectivity index (χ3v) is 2.08. The van der Waals surface area contributed by atoms with Gasteiger partial charge in [0.15, 0.2) is 0 Å². The van der Waals surface area contributed by atoms with Gasteiger partial charge in [-0.25, -0.2) is 0 Å². The molecule has 0 aliphatic heterocycles. The van der Waals surface area contributed by atoms with Crippen LogP contribution < -0.4 is 4.74 Å². The highest BCUT2D eigenvalue weighted by molar-refractivity contribution is 5.32. The first-order valence-corrected chi connectivity index (χ1v) is 5.06. The summed E-state index contributed by atoms with van der Waals surface area (Å²) in [6.07, 6.45) is 1.56. The van der Waals surface area contributed by atoms with Crippen LogP contribution in [0.4, 0.5) is 0 Å². The summed E-state index contributed by atoms with van der Waals surface area (Å²) in [5, 5.41) is 16.2. The lowest BCUT2D eigenvalue weighted by Crippen LogP contribution is -2.01. The number of benzene rings is 1. The van der Waals surface area contributed by atoms with E-state index in [1.807, 2.05) is 19.1 Å². The predicted octanol–water partition coefficient (Wildman–Crippen LogP) is 1.63. The van der Waals surface area contributed by atoms with Crippen LogP contribution >= 0.6 is 0 Å². The zero-order valence-corrected chi connectivity index (χ0v) is 9.29. The Morgan fingerprint density at radius 2 is 2.29 bits per heavy atom. The zero-order valence-electron chi connectivity index (χ0n) is 9.29. The van der Waals surface area contributed by atoms with E-state index < -0.39 is 0 Å². The van der Waals surface area contributed by atoms with Crippen molar-refractivity contribution in [2.75, 3.05) is 0 Å². The van der Waals surface area contributed by atoms with Crippen molar-refractivity contribution in [3.63, 3.8) is 0 Å². The van der Waals surface area contributed by atoms with Crippen molar-refractivity contribution < 1.29 is 4.74 Å². The Morgan fingerprint density at radius 1 is 1.41 bits per heavy atom. The molecule has 0 saturated heterocycles. The number of rotatable bonds is 3. The molecule has 84 valence electrons. The minimum atomic E-state index is 0.243. The molecule has 0 amide bonds. The number of aromatic nitrogens is 3. The molecule has 0 saturated carbocycles. The highest BCUT2D eigenvalue weighted by Gasteiger charge is 2.00. The lowest BCUT2D eigenvalue weighted by atomic mass is 10.1. The summed E-state index contributed by atoms with van der Waals surface area (Å²) in [6.45, 7) is 2.14. The molecule has 5 heteroatoms. The molecular formula is C12H10N4O. The molecule has 0 radical (unpaired) electrons. The quantitative estimate of drug-likeness (QED) is 0.795. The molecule has 0 aliphatic carbocycles. The fourth-order valence-electron chi connectivity index (χ4n) is 1.30. The van der Waals surface area contributed by atoms with Gasteiger partial charge in [0, 0.05) is 0 Å². The lowest BCUT2D eigenvalue weighted by molar-refractivity contribution is 0.275. The van der Waals surface area contributed by atoms with Crippen molar-refractivity contribution >= 4 is 0 Å². The van der Waals surface area contributed by atoms with E-state index in [0.29, 0.717) is 12.2 Å². The first-order chi connectivity index (χ1) is 8.28. The largest absolute Gasteiger partial charge is 0.458 e. The van der Waals surface area contributed by atoms with Crippen LogP contribution in [0.5, 0.6) is 6.01 Å². The molecule has 0 aliphatic rings. The van der Waals surface area contributed by atoms with Gasteiger partial charge >= 0.3 is 6.01 Å². The zero-order chi connectivity index (χ0) is 12.1. The second-order valence-corrected chi connectivity index (χ2v) is 3.48. The summed E-state index contributed by atoms with van der Waals surface area (Å²) >= 11 is 0. The first-order valence-electron chi connectivity index (χ1n) is 5.06. The maximum Gasteiger partial charge on any atom is 0.336 e. The number of hydrogen-bond acceptors (Lipinski definition) is 5. The monoisotopic (exact) mass is 226 g/mol. The van der Waals surface area contributed by atoms with Crippen LogP contribution in [0, 0.1) is 18.3 Å². The van der Waals surface area contributed by atoms with Crippen LogP contribution in [-0.4, -0.2) is 15.2 Å². The van der Waals surface area contributed by atoms with E-state index in [-0.39, 0.29) is 6.01 Å². The number of nitriles is 1. The van der Waals surface area contributed by atoms with E-state index in [2.05, 4.69) is 21.3 Å². The lowest BCUT2D eigenvalue weighted by Gasteiger charge is -2.04. The molecule has 0 fully saturated rings. The normalized spacial score (nSPS) is 9.65. The molecule has 0 N–H and O–H groups in total. The van der Waals surface area contributed by atoms with Gasteiger partial charge in [-0.2, -0.15) is 15.3 Å². The van der Waals surface area contributed by atoms with Gasteiger partial charge in [0.1, 0.15) is 6.61 Å². The van der Waals surface area contributed by atoms with Crippen LogP contribution in [0.2, 0.25) is 0 Å². The Balaban J connectivity index is 2.05. The fraction of sp³-hybridized carbons (Fsp3) is 0.167. The molecule has 1 aromatic heterocycles. The highest BCUT2D eigenvalue weighted by Crippen LogP contribution is 2.08. The first kappa shape index (κ1) is 11.0. The standard InChI is InChI=1S/C12H10N4O/c1-9-7-14-16-12(15-9)17-8-11-4-2-3-10(5-11)6-13/h2-5,7H,8H2,1H3. The van der Waals surface area contributed by atoms with Gasteiger partial charge in [0.2, 0.25) is 0 Å². The predicted molar refractivity (Wildman–Crippen MR) is 60.1 cm³/mol. The molecule has 0 bridgehead atoms. The van der Waals surface area contributed by atoms with Gasteiger partial charge in [-0.05, 0) is 24.6 Å². The fourth-order valence-corrected chi connectivity index (χ4v) is 1.30. The van der Waals surface area contributed by atoms with E-state index in [4.69, 9.17) is 10.00 Å². The summed E-state index contributed by atoms with van der Waals surface area (Å²) in [6, 6.07) is 9.52. The van der Waals surface area contributed by atoms with Gasteiger partial charge in [0.25, 0.3) is 0 Å². The minimum absolute atomic E-state index is 0.243. The Bertz CT molecular complexity index is 562. The summed E-state index contributed by atoms with van der Waals surface area (Å²) in [7, 11) is 0. The van der Waals surface area contributed by atoms with Gasteiger partial charge in [-0.3, -0.25) is 0 Å². The Kier molecular flexibility index (Phi) is 3.26. The van der Waals surface area contributed by atoms with Gasteiger partial charge in [0.05, 0.1) is 23.5 Å². The molecule has 0 atom stereocenters. The third-order valence-electron chi connectivity index (χ3n) is 2.08. The molecule has 1 heterocycles. The number of hydrogen-bond donors (Lipinski definition) is 0. The van der Waals surface area contributed by atoms with E-state index in [0.717, 1.165) is 11.3 Å². The van der Waals surface area contributed by atoms with Crippen molar-refractivity contribution in [1.82, 2.24) is 15.2 Å². The maximum absolute atomic E-state index is 8.76. The van der Waals surface area contributed by atoms with Crippen LogP contribution in [-0.2, 0) is 6.61 Å². The van der Waals surface area contributed by atoms with Crippen LogP contribution in [0.25, 0.3) is 0 Å². The average molecular weight is 226 g/mol. The Hall–Kier alpha value is -2.48. The molecule has 2 rings (SSSR count). The molecule has 1 aromatic carbocycles. The van der Waals surface area contributed by atoms with Crippen LogP contribution in [0.3, 0.4) is 0 Å². The molecule has 5 nitrogen and oxygen atoms in total. The van der Waals surface area contributed by atoms with Crippen LogP contribution in [0.1, 0.15) is 16.8 Å². The second kappa shape index (κ2) is 5.03. The Labute approximate surface area is 98.7 Å². The SMILES string of the molecule is Cc1cnnc(OCc2cccc(C#N)c2)n1. The third kappa shape index (κ3) is 2.98. The average Bonchev–Trinajstić information content (AvgIpc) is 2.37. The highest BCUT2D eigenvalue weighted by atomic mass is 16.5. The second-order valence-electron chi connectivity index (χ2n) is 3.48. The van der Waals surface area contributed by atoms with Crippen molar-refractivity contribution in [1.29, 1.82) is 5.26 Å². The summed E-state index contributed by atoms with van der Waals surface area (Å²) in [5.41, 5.74) is 2.25. The number of nitrogens with zero attached hydrogens (tertiary/aromatic N) is 4. The maximum atomic E-state index is 8.76. The van der Waals surface area contributed by atoms with E-state index in [1.54, 1.807) is 18.3 Å². The van der Waals surface area contributed by atoms with E-state index in [9.17, 15) is 0 Å². The summed E-state index contributed by atoms with van der Waals surface area (Å²) < 4.78 is 5.38. The smallest absolute Gasteiger partial charge is 0.336 e.